The van der Waals surface area contributed by atoms with E-state index in [1.165, 1.54) is 42.3 Å². The number of H-pyrrole nitrogens is 1. The number of carbonyl (C=O) groups excluding carboxylic acids is 2. The first-order valence-corrected chi connectivity index (χ1v) is 18.7. The molecule has 6 fully saturated rings. The van der Waals surface area contributed by atoms with E-state index >= 15 is 4.79 Å². The number of aromatic nitrogens is 1. The Morgan fingerprint density at radius 1 is 0.940 bits per heavy atom. The Balaban J connectivity index is 1.13. The topological polar surface area (TPSA) is 68.4 Å². The van der Waals surface area contributed by atoms with Crippen LogP contribution in [0.15, 0.2) is 48.5 Å². The van der Waals surface area contributed by atoms with E-state index in [1.54, 1.807) is 4.90 Å². The fraction of sp³-hybridized carbons (Fsp3) is 0.610. The number of likely N-dealkylation sites (tertiary alicyclic amines) is 1. The van der Waals surface area contributed by atoms with Gasteiger partial charge in [0.2, 0.25) is 11.8 Å². The molecule has 50 heavy (non-hydrogen) atoms. The summed E-state index contributed by atoms with van der Waals surface area (Å²) in [6.07, 6.45) is 3.63. The molecule has 5 aliphatic carbocycles. The van der Waals surface area contributed by atoms with Crippen molar-refractivity contribution in [2.45, 2.75) is 108 Å². The molecule has 2 N–H and O–H groups in total. The van der Waals surface area contributed by atoms with Gasteiger partial charge in [-0.15, -0.1) is 0 Å². The van der Waals surface area contributed by atoms with Crippen molar-refractivity contribution in [1.29, 1.82) is 0 Å². The van der Waals surface area contributed by atoms with E-state index in [1.807, 2.05) is 19.2 Å². The molecule has 5 saturated carbocycles. The Hall–Kier alpha value is -3.33. The summed E-state index contributed by atoms with van der Waals surface area (Å²) in [6, 6.07) is 13.4. The van der Waals surface area contributed by atoms with Crippen molar-refractivity contribution in [1.82, 2.24) is 20.1 Å². The van der Waals surface area contributed by atoms with Crippen molar-refractivity contribution in [3.8, 4) is 0 Å². The number of piperidine rings is 1. The molecule has 0 radical (unpaired) electrons. The Bertz CT molecular complexity index is 1750. The second kappa shape index (κ2) is 11.9. The molecule has 1 aromatic heterocycles. The molecule has 2 heterocycles. The zero-order valence-corrected chi connectivity index (χ0v) is 29.8. The number of alkyl halides is 3. The number of hydrogen-bond donors (Lipinski definition) is 2. The molecular weight excluding hydrogens is 637 g/mol. The number of amides is 2. The quantitative estimate of drug-likeness (QED) is 0.251. The molecule has 9 rings (SSSR count). The van der Waals surface area contributed by atoms with Crippen LogP contribution in [0.1, 0.15) is 99.9 Å². The molecule has 268 valence electrons. The van der Waals surface area contributed by atoms with Gasteiger partial charge in [-0.25, -0.2) is 0 Å². The van der Waals surface area contributed by atoms with Crippen molar-refractivity contribution in [3.05, 3.63) is 70.9 Å². The van der Waals surface area contributed by atoms with Crippen LogP contribution in [-0.2, 0) is 22.3 Å². The van der Waals surface area contributed by atoms with Crippen molar-refractivity contribution in [2.24, 2.45) is 29.1 Å². The fourth-order valence-electron chi connectivity index (χ4n) is 11.4. The fourth-order valence-corrected chi connectivity index (χ4v) is 11.4. The van der Waals surface area contributed by atoms with E-state index in [9.17, 15) is 18.0 Å². The third-order valence-corrected chi connectivity index (χ3v) is 13.8. The Morgan fingerprint density at radius 3 is 2.14 bits per heavy atom. The number of aryl methyl sites for hydroxylation is 1. The summed E-state index contributed by atoms with van der Waals surface area (Å²) in [5.74, 6) is 2.05. The number of benzene rings is 2. The zero-order valence-electron chi connectivity index (χ0n) is 29.8. The van der Waals surface area contributed by atoms with Gasteiger partial charge < -0.3 is 20.1 Å². The van der Waals surface area contributed by atoms with Crippen LogP contribution < -0.4 is 5.32 Å². The first-order valence-electron chi connectivity index (χ1n) is 18.7. The Kier molecular flexibility index (Phi) is 8.01. The maximum atomic E-state index is 15.0. The van der Waals surface area contributed by atoms with Crippen LogP contribution >= 0.6 is 0 Å². The summed E-state index contributed by atoms with van der Waals surface area (Å²) in [5, 5.41) is 4.82. The maximum absolute atomic E-state index is 15.0. The standard InChI is InChI=1S/C41H51F3N4O2/c1-25-35(31-7-5-6-8-33(31)45-25)36-32(38(36,2)3)20-34(49)48(24-26-9-11-30(12-10-26)41(42,43)44)40(13-15-47(4)16-14-40)37(50)46-39-21-27-17-28(22-39)19-29(18-27)23-39/h5-12,27-29,32,36,45H,13-24H2,1-4H3,(H,46,50)/t27?,28?,29?,32-,36+,39?/m1/s1. The number of carbonyl (C=O) groups is 2. The van der Waals surface area contributed by atoms with E-state index in [4.69, 9.17) is 0 Å². The van der Waals surface area contributed by atoms with Crippen LogP contribution in [0.25, 0.3) is 10.9 Å². The van der Waals surface area contributed by atoms with Gasteiger partial charge in [-0.1, -0.05) is 44.2 Å². The van der Waals surface area contributed by atoms with Crippen LogP contribution in [0.3, 0.4) is 0 Å². The van der Waals surface area contributed by atoms with Crippen LogP contribution in [-0.4, -0.2) is 57.8 Å². The monoisotopic (exact) mass is 688 g/mol. The number of hydrogen-bond acceptors (Lipinski definition) is 3. The minimum atomic E-state index is -4.45. The summed E-state index contributed by atoms with van der Waals surface area (Å²) >= 11 is 0. The van der Waals surface area contributed by atoms with E-state index in [2.05, 4.69) is 48.1 Å². The summed E-state index contributed by atoms with van der Waals surface area (Å²) in [4.78, 5) is 37.5. The Labute approximate surface area is 293 Å². The number of halogens is 3. The first-order chi connectivity index (χ1) is 23.7. The van der Waals surface area contributed by atoms with Crippen LogP contribution in [0.5, 0.6) is 0 Å². The van der Waals surface area contributed by atoms with Gasteiger partial charge in [0.1, 0.15) is 5.54 Å². The lowest BCUT2D eigenvalue weighted by molar-refractivity contribution is -0.155. The molecule has 2 aromatic carbocycles. The van der Waals surface area contributed by atoms with Gasteiger partial charge in [-0.05, 0) is 130 Å². The lowest BCUT2D eigenvalue weighted by Crippen LogP contribution is -2.69. The van der Waals surface area contributed by atoms with Gasteiger partial charge in [0, 0.05) is 48.2 Å². The smallest absolute Gasteiger partial charge is 0.358 e. The summed E-state index contributed by atoms with van der Waals surface area (Å²) in [5.41, 5.74) is 1.91. The molecule has 3 aromatic rings. The molecule has 2 atom stereocenters. The average molecular weight is 689 g/mol. The highest BCUT2D eigenvalue weighted by molar-refractivity contribution is 5.93. The third-order valence-electron chi connectivity index (χ3n) is 13.8. The summed E-state index contributed by atoms with van der Waals surface area (Å²) in [7, 11) is 2.05. The van der Waals surface area contributed by atoms with Crippen molar-refractivity contribution < 1.29 is 22.8 Å². The van der Waals surface area contributed by atoms with Gasteiger partial charge in [-0.3, -0.25) is 9.59 Å². The van der Waals surface area contributed by atoms with Crippen LogP contribution in [0, 0.1) is 36.0 Å². The van der Waals surface area contributed by atoms with Gasteiger partial charge in [0.25, 0.3) is 0 Å². The van der Waals surface area contributed by atoms with E-state index in [0.717, 1.165) is 42.6 Å². The molecule has 9 heteroatoms. The zero-order chi connectivity index (χ0) is 35.2. The number of nitrogens with zero attached hydrogens (tertiary/aromatic N) is 2. The number of rotatable bonds is 8. The van der Waals surface area contributed by atoms with Crippen molar-refractivity contribution >= 4 is 22.7 Å². The van der Waals surface area contributed by atoms with E-state index in [-0.39, 0.29) is 47.6 Å². The van der Waals surface area contributed by atoms with Crippen molar-refractivity contribution in [3.63, 3.8) is 0 Å². The lowest BCUT2D eigenvalue weighted by Gasteiger charge is -2.58. The SMILES string of the molecule is Cc1[nH]c2ccccc2c1[C@@H]1[C@@H](CC(=O)N(Cc2ccc(C(F)(F)F)cc2)C2(C(=O)NC34CC5CC(CC(C5)C3)C4)CCN(C)CC2)C1(C)C. The van der Waals surface area contributed by atoms with Crippen LogP contribution in [0.4, 0.5) is 13.2 Å². The maximum Gasteiger partial charge on any atom is 0.416 e. The summed E-state index contributed by atoms with van der Waals surface area (Å²) < 4.78 is 40.6. The normalized spacial score (nSPS) is 31.1. The van der Waals surface area contributed by atoms with Gasteiger partial charge >= 0.3 is 6.18 Å². The largest absolute Gasteiger partial charge is 0.416 e. The predicted molar refractivity (Wildman–Crippen MR) is 188 cm³/mol. The molecule has 2 amide bonds. The highest BCUT2D eigenvalue weighted by Gasteiger charge is 2.61. The Morgan fingerprint density at radius 2 is 1.54 bits per heavy atom. The molecule has 0 spiro atoms. The number of nitrogens with one attached hydrogen (secondary N) is 2. The minimum Gasteiger partial charge on any atom is -0.358 e. The second-order valence-electron chi connectivity index (χ2n) is 17.5. The number of para-hydroxylation sites is 1. The van der Waals surface area contributed by atoms with Crippen molar-refractivity contribution in [2.75, 3.05) is 20.1 Å². The molecule has 6 nitrogen and oxygen atoms in total. The average Bonchev–Trinajstić information content (AvgIpc) is 3.39. The highest BCUT2D eigenvalue weighted by Crippen LogP contribution is 2.67. The molecule has 0 unspecified atom stereocenters. The molecule has 4 bridgehead atoms. The highest BCUT2D eigenvalue weighted by atomic mass is 19.4. The lowest BCUT2D eigenvalue weighted by atomic mass is 9.53. The van der Waals surface area contributed by atoms with Gasteiger partial charge in [0.15, 0.2) is 0 Å². The van der Waals surface area contributed by atoms with E-state index in [0.29, 0.717) is 49.2 Å². The van der Waals surface area contributed by atoms with Gasteiger partial charge in [-0.2, -0.15) is 13.2 Å². The van der Waals surface area contributed by atoms with Gasteiger partial charge in [0.05, 0.1) is 5.56 Å². The summed E-state index contributed by atoms with van der Waals surface area (Å²) in [6.45, 7) is 7.97. The number of fused-ring (bicyclic) bond motifs is 1. The first kappa shape index (κ1) is 33.8. The number of aromatic amines is 1. The third kappa shape index (κ3) is 5.75. The second-order valence-corrected chi connectivity index (χ2v) is 17.5. The van der Waals surface area contributed by atoms with Crippen LogP contribution in [0.2, 0.25) is 0 Å². The minimum absolute atomic E-state index is 0.0631. The van der Waals surface area contributed by atoms with E-state index < -0.39 is 17.3 Å². The predicted octanol–water partition coefficient (Wildman–Crippen LogP) is 8.20. The molecule has 1 aliphatic heterocycles. The molecular formula is C41H51F3N4O2. The molecule has 6 aliphatic rings. The molecule has 1 saturated heterocycles.